The molecule has 2 aromatic carbocycles. The zero-order chi connectivity index (χ0) is 22.6. The summed E-state index contributed by atoms with van der Waals surface area (Å²) in [6.07, 6.45) is 3.38. The molecule has 0 bridgehead atoms. The number of sulfonamides is 1. The van der Waals surface area contributed by atoms with Crippen LogP contribution in [0, 0.1) is 0 Å². The summed E-state index contributed by atoms with van der Waals surface area (Å²) in [6, 6.07) is 11.8. The second-order valence-corrected chi connectivity index (χ2v) is 9.83. The summed E-state index contributed by atoms with van der Waals surface area (Å²) in [4.78, 5) is 13.0. The minimum atomic E-state index is -3.68. The summed E-state index contributed by atoms with van der Waals surface area (Å²) in [6.45, 7) is 1.50. The summed E-state index contributed by atoms with van der Waals surface area (Å²) in [5.74, 6) is 1.17. The van der Waals surface area contributed by atoms with Crippen LogP contribution in [0.2, 0.25) is 0 Å². The van der Waals surface area contributed by atoms with Crippen molar-refractivity contribution in [3.63, 3.8) is 0 Å². The molecule has 1 saturated heterocycles. The van der Waals surface area contributed by atoms with Crippen molar-refractivity contribution in [1.82, 2.24) is 9.62 Å². The van der Waals surface area contributed by atoms with E-state index in [0.29, 0.717) is 36.9 Å². The minimum Gasteiger partial charge on any atom is -0.496 e. The molecule has 1 atom stereocenters. The highest BCUT2D eigenvalue weighted by Gasteiger charge is 2.28. The maximum atomic E-state index is 13.2. The fourth-order valence-electron chi connectivity index (χ4n) is 3.92. The topological polar surface area (TPSA) is 94.2 Å². The van der Waals surface area contributed by atoms with Gasteiger partial charge in [-0.1, -0.05) is 25.0 Å². The Hall–Kier alpha value is -2.78. The average Bonchev–Trinajstić information content (AvgIpc) is 3.12. The van der Waals surface area contributed by atoms with E-state index in [4.69, 9.17) is 14.2 Å². The Bertz CT molecular complexity index is 1060. The van der Waals surface area contributed by atoms with Crippen LogP contribution in [0.3, 0.4) is 0 Å². The minimum absolute atomic E-state index is 0.0940. The fraction of sp³-hybridized carbons (Fsp3) is 0.435. The Balaban J connectivity index is 1.48. The molecule has 0 aliphatic carbocycles. The molecule has 2 aliphatic heterocycles. The maximum absolute atomic E-state index is 13.2. The first-order valence-corrected chi connectivity index (χ1v) is 12.3. The Morgan fingerprint density at radius 1 is 1.09 bits per heavy atom. The van der Waals surface area contributed by atoms with Crippen molar-refractivity contribution in [2.45, 2.75) is 36.7 Å². The molecule has 172 valence electrons. The first kappa shape index (κ1) is 22.4. The molecule has 2 heterocycles. The quantitative estimate of drug-likeness (QED) is 0.713. The van der Waals surface area contributed by atoms with Gasteiger partial charge in [-0.05, 0) is 43.2 Å². The van der Waals surface area contributed by atoms with E-state index in [1.807, 2.05) is 24.3 Å². The smallest absolute Gasteiger partial charge is 0.255 e. The van der Waals surface area contributed by atoms with E-state index >= 15 is 0 Å². The van der Waals surface area contributed by atoms with Crippen LogP contribution in [-0.2, 0) is 10.0 Å². The first-order chi connectivity index (χ1) is 15.5. The van der Waals surface area contributed by atoms with Crippen molar-refractivity contribution >= 4 is 15.9 Å². The predicted molar refractivity (Wildman–Crippen MR) is 119 cm³/mol. The normalized spacial score (nSPS) is 19.1. The van der Waals surface area contributed by atoms with Gasteiger partial charge in [0.15, 0.2) is 11.5 Å². The van der Waals surface area contributed by atoms with Gasteiger partial charge in [-0.25, -0.2) is 8.42 Å². The van der Waals surface area contributed by atoms with Gasteiger partial charge in [0.2, 0.25) is 10.0 Å². The molecule has 0 radical (unpaired) electrons. The standard InChI is InChI=1S/C23H28N2O6S/c1-29-20-11-10-18(32(27,28)25-12-6-2-3-7-13-25)14-19(20)23(26)24-15-17-16-30-21-8-4-5-9-22(21)31-17/h4-5,8-11,14,17H,2-3,6-7,12-13,15-16H2,1H3,(H,24,26)/t17-/m0/s1. The lowest BCUT2D eigenvalue weighted by Crippen LogP contribution is -2.40. The second-order valence-electron chi connectivity index (χ2n) is 7.89. The number of amides is 1. The SMILES string of the molecule is COc1ccc(S(=O)(=O)N2CCCCCC2)cc1C(=O)NC[C@H]1COc2ccccc2O1. The lowest BCUT2D eigenvalue weighted by molar-refractivity contribution is 0.0787. The molecule has 0 spiro atoms. The second kappa shape index (κ2) is 9.79. The van der Waals surface area contributed by atoms with Crippen LogP contribution in [-0.4, -0.2) is 58.1 Å². The highest BCUT2D eigenvalue weighted by molar-refractivity contribution is 7.89. The van der Waals surface area contributed by atoms with Crippen LogP contribution < -0.4 is 19.5 Å². The molecule has 0 saturated carbocycles. The summed E-state index contributed by atoms with van der Waals surface area (Å²) < 4.78 is 44.7. The van der Waals surface area contributed by atoms with Gasteiger partial charge < -0.3 is 19.5 Å². The molecular weight excluding hydrogens is 432 g/mol. The van der Waals surface area contributed by atoms with Gasteiger partial charge in [-0.2, -0.15) is 4.31 Å². The van der Waals surface area contributed by atoms with E-state index in [9.17, 15) is 13.2 Å². The molecule has 2 aliphatic rings. The number of hydrogen-bond donors (Lipinski definition) is 1. The molecule has 2 aromatic rings. The number of hydrogen-bond acceptors (Lipinski definition) is 6. The van der Waals surface area contributed by atoms with E-state index in [-0.39, 0.29) is 23.1 Å². The van der Waals surface area contributed by atoms with E-state index < -0.39 is 15.9 Å². The largest absolute Gasteiger partial charge is 0.496 e. The Kier molecular flexibility index (Phi) is 6.86. The summed E-state index contributed by atoms with van der Waals surface area (Å²) in [5.41, 5.74) is 0.167. The number of methoxy groups -OCH3 is 1. The summed E-state index contributed by atoms with van der Waals surface area (Å²) in [5, 5.41) is 2.81. The third kappa shape index (κ3) is 4.83. The van der Waals surface area contributed by atoms with Crippen LogP contribution >= 0.6 is 0 Å². The highest BCUT2D eigenvalue weighted by atomic mass is 32.2. The van der Waals surface area contributed by atoms with Gasteiger partial charge in [0.05, 0.1) is 24.1 Å². The van der Waals surface area contributed by atoms with E-state index in [0.717, 1.165) is 25.7 Å². The number of nitrogens with one attached hydrogen (secondary N) is 1. The lowest BCUT2D eigenvalue weighted by atomic mass is 10.2. The zero-order valence-electron chi connectivity index (χ0n) is 18.1. The molecule has 1 fully saturated rings. The van der Waals surface area contributed by atoms with Crippen LogP contribution in [0.25, 0.3) is 0 Å². The molecular formula is C23H28N2O6S. The first-order valence-electron chi connectivity index (χ1n) is 10.8. The van der Waals surface area contributed by atoms with Crippen LogP contribution in [0.5, 0.6) is 17.2 Å². The van der Waals surface area contributed by atoms with Gasteiger partial charge in [0, 0.05) is 13.1 Å². The molecule has 0 aromatic heterocycles. The number of ether oxygens (including phenoxy) is 3. The Morgan fingerprint density at radius 3 is 2.53 bits per heavy atom. The summed E-state index contributed by atoms with van der Waals surface area (Å²) in [7, 11) is -2.23. The van der Waals surface area contributed by atoms with Crippen LogP contribution in [0.1, 0.15) is 36.0 Å². The number of rotatable bonds is 6. The number of benzene rings is 2. The van der Waals surface area contributed by atoms with Gasteiger partial charge in [0.1, 0.15) is 18.5 Å². The molecule has 1 amide bonds. The van der Waals surface area contributed by atoms with Crippen LogP contribution in [0.4, 0.5) is 0 Å². The van der Waals surface area contributed by atoms with Crippen molar-refractivity contribution in [2.75, 3.05) is 33.4 Å². The molecule has 4 rings (SSSR count). The molecule has 8 nitrogen and oxygen atoms in total. The van der Waals surface area contributed by atoms with E-state index in [1.54, 1.807) is 0 Å². The van der Waals surface area contributed by atoms with E-state index in [2.05, 4.69) is 5.32 Å². The third-order valence-corrected chi connectivity index (χ3v) is 7.57. The Morgan fingerprint density at radius 2 is 1.81 bits per heavy atom. The Labute approximate surface area is 188 Å². The van der Waals surface area contributed by atoms with E-state index in [1.165, 1.54) is 29.6 Å². The maximum Gasteiger partial charge on any atom is 0.255 e. The molecule has 1 N–H and O–H groups in total. The number of fused-ring (bicyclic) bond motifs is 1. The van der Waals surface area contributed by atoms with Gasteiger partial charge in [0.25, 0.3) is 5.91 Å². The van der Waals surface area contributed by atoms with Crippen molar-refractivity contribution < 1.29 is 27.4 Å². The number of carbonyl (C=O) groups excluding carboxylic acids is 1. The number of nitrogens with zero attached hydrogens (tertiary/aromatic N) is 1. The van der Waals surface area contributed by atoms with Gasteiger partial charge >= 0.3 is 0 Å². The predicted octanol–water partition coefficient (Wildman–Crippen LogP) is 2.83. The van der Waals surface area contributed by atoms with Crippen molar-refractivity contribution in [1.29, 1.82) is 0 Å². The molecule has 9 heteroatoms. The van der Waals surface area contributed by atoms with Crippen molar-refractivity contribution in [2.24, 2.45) is 0 Å². The lowest BCUT2D eigenvalue weighted by Gasteiger charge is -2.26. The zero-order valence-corrected chi connectivity index (χ0v) is 18.9. The summed E-state index contributed by atoms with van der Waals surface area (Å²) >= 11 is 0. The van der Waals surface area contributed by atoms with Crippen LogP contribution in [0.15, 0.2) is 47.4 Å². The fourth-order valence-corrected chi connectivity index (χ4v) is 5.47. The highest BCUT2D eigenvalue weighted by Crippen LogP contribution is 2.31. The van der Waals surface area contributed by atoms with Gasteiger partial charge in [-0.15, -0.1) is 0 Å². The van der Waals surface area contributed by atoms with Gasteiger partial charge in [-0.3, -0.25) is 4.79 Å². The third-order valence-electron chi connectivity index (χ3n) is 5.68. The molecule has 0 unspecified atom stereocenters. The average molecular weight is 461 g/mol. The van der Waals surface area contributed by atoms with Crippen molar-refractivity contribution in [3.05, 3.63) is 48.0 Å². The van der Waals surface area contributed by atoms with Crippen molar-refractivity contribution in [3.8, 4) is 17.2 Å². The monoisotopic (exact) mass is 460 g/mol. The number of carbonyl (C=O) groups is 1. The molecule has 32 heavy (non-hydrogen) atoms. The number of para-hydroxylation sites is 2.